The van der Waals surface area contributed by atoms with Crippen LogP contribution in [0.2, 0.25) is 5.02 Å². The van der Waals surface area contributed by atoms with Gasteiger partial charge in [-0.3, -0.25) is 4.79 Å². The molecule has 1 unspecified atom stereocenters. The van der Waals surface area contributed by atoms with E-state index in [0.717, 1.165) is 0 Å². The van der Waals surface area contributed by atoms with Crippen LogP contribution in [-0.2, 0) is 0 Å². The van der Waals surface area contributed by atoms with Crippen LogP contribution in [0.1, 0.15) is 28.4 Å². The van der Waals surface area contributed by atoms with Gasteiger partial charge >= 0.3 is 0 Å². The molecular weight excluding hydrogens is 428 g/mol. The molecule has 1 saturated heterocycles. The Hall–Kier alpha value is -2.81. The number of carbonyl (C=O) groups is 1. The van der Waals surface area contributed by atoms with E-state index in [-0.39, 0.29) is 27.8 Å². The predicted octanol–water partition coefficient (Wildman–Crippen LogP) is 3.37. The number of methoxy groups -OCH3 is 1. The molecule has 2 heterocycles. The van der Waals surface area contributed by atoms with Crippen LogP contribution < -0.4 is 15.4 Å². The fourth-order valence-corrected chi connectivity index (χ4v) is 4.04. The first kappa shape index (κ1) is 21.4. The number of carbonyl (C=O) groups excluding carboxylic acids is 1. The number of ether oxygens (including phenoxy) is 1. The Morgan fingerprint density at radius 1 is 1.32 bits per heavy atom. The van der Waals surface area contributed by atoms with Gasteiger partial charge in [-0.1, -0.05) is 17.7 Å². The van der Waals surface area contributed by atoms with Crippen molar-refractivity contribution < 1.29 is 23.4 Å². The normalized spacial score (nSPS) is 19.4. The zero-order valence-corrected chi connectivity index (χ0v) is 17.3. The highest BCUT2D eigenvalue weighted by Crippen LogP contribution is 2.30. The number of aliphatic hydroxyl groups excluding tert-OH is 1. The van der Waals surface area contributed by atoms with Gasteiger partial charge in [-0.25, -0.2) is 9.37 Å². The SMILES string of the molecule is COc1cc2c(F)nccc2cc1C(=O)NC(c1ccc(F)c(Cl)c1)[C@@H]1C[C@@H](O)CN1. The molecule has 4 rings (SSSR count). The Balaban J connectivity index is 1.71. The van der Waals surface area contributed by atoms with E-state index in [1.807, 2.05) is 0 Å². The molecule has 3 atom stereocenters. The molecule has 3 N–H and O–H groups in total. The minimum atomic E-state index is -0.661. The van der Waals surface area contributed by atoms with E-state index >= 15 is 0 Å². The number of aromatic nitrogens is 1. The molecule has 0 saturated carbocycles. The molecular formula is C22H20ClF2N3O3. The lowest BCUT2D eigenvalue weighted by atomic mass is 9.96. The number of benzene rings is 2. The Labute approximate surface area is 182 Å². The van der Waals surface area contributed by atoms with Gasteiger partial charge in [0.05, 0.1) is 29.8 Å². The molecule has 0 aliphatic carbocycles. The fraction of sp³-hybridized carbons (Fsp3) is 0.273. The Morgan fingerprint density at radius 3 is 2.81 bits per heavy atom. The smallest absolute Gasteiger partial charge is 0.255 e. The number of aliphatic hydroxyl groups is 1. The summed E-state index contributed by atoms with van der Waals surface area (Å²) in [5, 5.41) is 16.7. The van der Waals surface area contributed by atoms with Crippen molar-refractivity contribution in [2.24, 2.45) is 0 Å². The van der Waals surface area contributed by atoms with Crippen molar-refractivity contribution >= 4 is 28.3 Å². The number of β-amino-alcohol motifs (C(OH)–C–C–N with tert-alkyl or cyclic N) is 1. The minimum Gasteiger partial charge on any atom is -0.496 e. The van der Waals surface area contributed by atoms with Crippen LogP contribution in [0, 0.1) is 11.8 Å². The molecule has 162 valence electrons. The monoisotopic (exact) mass is 447 g/mol. The van der Waals surface area contributed by atoms with Gasteiger partial charge in [-0.15, -0.1) is 0 Å². The predicted molar refractivity (Wildman–Crippen MR) is 112 cm³/mol. The highest BCUT2D eigenvalue weighted by molar-refractivity contribution is 6.30. The average molecular weight is 448 g/mol. The van der Waals surface area contributed by atoms with Gasteiger partial charge in [-0.2, -0.15) is 4.39 Å². The lowest BCUT2D eigenvalue weighted by molar-refractivity contribution is 0.0923. The van der Waals surface area contributed by atoms with E-state index < -0.39 is 29.8 Å². The first-order valence-electron chi connectivity index (χ1n) is 9.67. The van der Waals surface area contributed by atoms with Crippen molar-refractivity contribution in [3.63, 3.8) is 0 Å². The summed E-state index contributed by atoms with van der Waals surface area (Å²) in [6, 6.07) is 7.87. The summed E-state index contributed by atoms with van der Waals surface area (Å²) < 4.78 is 33.0. The summed E-state index contributed by atoms with van der Waals surface area (Å²) in [6.45, 7) is 0.373. The quantitative estimate of drug-likeness (QED) is 0.522. The largest absolute Gasteiger partial charge is 0.496 e. The van der Waals surface area contributed by atoms with Crippen molar-refractivity contribution in [1.82, 2.24) is 15.6 Å². The summed E-state index contributed by atoms with van der Waals surface area (Å²) in [4.78, 5) is 16.9. The lowest BCUT2D eigenvalue weighted by Gasteiger charge is -2.26. The van der Waals surface area contributed by atoms with Crippen molar-refractivity contribution in [3.05, 3.63) is 70.5 Å². The molecule has 0 bridgehead atoms. The van der Waals surface area contributed by atoms with Gasteiger partial charge in [0.1, 0.15) is 11.6 Å². The number of hydrogen-bond acceptors (Lipinski definition) is 5. The van der Waals surface area contributed by atoms with Crippen LogP contribution in [0.25, 0.3) is 10.8 Å². The highest BCUT2D eigenvalue weighted by atomic mass is 35.5. The summed E-state index contributed by atoms with van der Waals surface area (Å²) in [6.07, 6.45) is 1.15. The van der Waals surface area contributed by atoms with E-state index in [9.17, 15) is 18.7 Å². The van der Waals surface area contributed by atoms with Crippen LogP contribution in [0.15, 0.2) is 42.6 Å². The Bertz CT molecular complexity index is 1140. The second kappa shape index (κ2) is 8.74. The van der Waals surface area contributed by atoms with Gasteiger partial charge in [0.15, 0.2) is 0 Å². The molecule has 6 nitrogen and oxygen atoms in total. The van der Waals surface area contributed by atoms with E-state index in [1.165, 1.54) is 43.6 Å². The maximum absolute atomic E-state index is 14.0. The standard InChI is InChI=1S/C22H20ClF2N3O3/c1-31-19-9-14-11(4-5-26-21(14)25)6-15(19)22(30)28-20(18-8-13(29)10-27-18)12-2-3-17(24)16(23)7-12/h2-7,9,13,18,20,27,29H,8,10H2,1H3,(H,28,30)/t13-,18+,20?/m1/s1. The number of hydrogen-bond donors (Lipinski definition) is 3. The summed E-state index contributed by atoms with van der Waals surface area (Å²) >= 11 is 5.96. The molecule has 3 aromatic rings. The minimum absolute atomic E-state index is 0.0680. The van der Waals surface area contributed by atoms with Gasteiger partial charge in [0.2, 0.25) is 5.95 Å². The van der Waals surface area contributed by atoms with Crippen LogP contribution in [-0.4, -0.2) is 41.8 Å². The van der Waals surface area contributed by atoms with Crippen LogP contribution in [0.5, 0.6) is 5.75 Å². The molecule has 1 aliphatic rings. The van der Waals surface area contributed by atoms with Crippen LogP contribution >= 0.6 is 11.6 Å². The highest BCUT2D eigenvalue weighted by Gasteiger charge is 2.32. The first-order valence-corrected chi connectivity index (χ1v) is 10.0. The number of nitrogens with zero attached hydrogens (tertiary/aromatic N) is 1. The third-order valence-electron chi connectivity index (χ3n) is 5.41. The van der Waals surface area contributed by atoms with Gasteiger partial charge in [0.25, 0.3) is 5.91 Å². The van der Waals surface area contributed by atoms with Crippen molar-refractivity contribution in [2.45, 2.75) is 24.6 Å². The molecule has 1 fully saturated rings. The average Bonchev–Trinajstić information content (AvgIpc) is 3.19. The molecule has 1 aromatic heterocycles. The van der Waals surface area contributed by atoms with E-state index in [1.54, 1.807) is 6.07 Å². The van der Waals surface area contributed by atoms with Crippen molar-refractivity contribution in [1.29, 1.82) is 0 Å². The molecule has 2 aromatic carbocycles. The second-order valence-electron chi connectivity index (χ2n) is 7.40. The summed E-state index contributed by atoms with van der Waals surface area (Å²) in [5.74, 6) is -1.51. The van der Waals surface area contributed by atoms with Crippen molar-refractivity contribution in [3.8, 4) is 5.75 Å². The van der Waals surface area contributed by atoms with Gasteiger partial charge < -0.3 is 20.5 Å². The molecule has 0 radical (unpaired) electrons. The molecule has 1 amide bonds. The number of nitrogens with one attached hydrogen (secondary N) is 2. The number of pyridine rings is 1. The van der Waals surface area contributed by atoms with Gasteiger partial charge in [0, 0.05) is 24.2 Å². The second-order valence-corrected chi connectivity index (χ2v) is 7.81. The molecule has 1 aliphatic heterocycles. The zero-order chi connectivity index (χ0) is 22.1. The van der Waals surface area contributed by atoms with E-state index in [2.05, 4.69) is 15.6 Å². The number of amides is 1. The maximum Gasteiger partial charge on any atom is 0.255 e. The van der Waals surface area contributed by atoms with Crippen LogP contribution in [0.4, 0.5) is 8.78 Å². The molecule has 9 heteroatoms. The van der Waals surface area contributed by atoms with E-state index in [4.69, 9.17) is 16.3 Å². The van der Waals surface area contributed by atoms with Gasteiger partial charge in [-0.05, 0) is 47.7 Å². The third kappa shape index (κ3) is 4.32. The number of fused-ring (bicyclic) bond motifs is 1. The molecule has 31 heavy (non-hydrogen) atoms. The van der Waals surface area contributed by atoms with E-state index in [0.29, 0.717) is 23.9 Å². The lowest BCUT2D eigenvalue weighted by Crippen LogP contribution is -2.41. The maximum atomic E-state index is 14.0. The number of halogens is 3. The topological polar surface area (TPSA) is 83.5 Å². The third-order valence-corrected chi connectivity index (χ3v) is 5.70. The summed E-state index contributed by atoms with van der Waals surface area (Å²) in [5.41, 5.74) is 0.790. The van der Waals surface area contributed by atoms with Crippen molar-refractivity contribution in [2.75, 3.05) is 13.7 Å². The Kier molecular flexibility index (Phi) is 6.04. The zero-order valence-electron chi connectivity index (χ0n) is 16.5. The summed E-state index contributed by atoms with van der Waals surface area (Å²) in [7, 11) is 1.39. The number of rotatable bonds is 5. The Morgan fingerprint density at radius 2 is 2.13 bits per heavy atom. The first-order chi connectivity index (χ1) is 14.9. The van der Waals surface area contributed by atoms with Crippen LogP contribution in [0.3, 0.4) is 0 Å². The fourth-order valence-electron chi connectivity index (χ4n) is 3.85. The molecule has 0 spiro atoms.